The molecule has 1 aliphatic carbocycles. The first-order valence-corrected chi connectivity index (χ1v) is 11.6. The SMILES string of the molecule is N#Cc1c(N)nc(N)nc1N1CC2(CC2)C[C@H]1c1nc2cccc(Cl)c2c(=O)n1-c1ccccc1. The first-order valence-electron chi connectivity index (χ1n) is 11.3. The van der Waals surface area contributed by atoms with Gasteiger partial charge in [-0.1, -0.05) is 35.9 Å². The number of hydrogen-bond acceptors (Lipinski definition) is 8. The van der Waals surface area contributed by atoms with Crippen LogP contribution in [0.25, 0.3) is 16.6 Å². The van der Waals surface area contributed by atoms with Gasteiger partial charge in [-0.2, -0.15) is 15.2 Å². The molecule has 2 aromatic carbocycles. The number of benzene rings is 2. The third-order valence-corrected chi connectivity index (χ3v) is 7.28. The van der Waals surface area contributed by atoms with E-state index in [0.29, 0.717) is 39.8 Å². The van der Waals surface area contributed by atoms with Gasteiger partial charge < -0.3 is 16.4 Å². The van der Waals surface area contributed by atoms with E-state index in [2.05, 4.69) is 16.0 Å². The Hall–Kier alpha value is -4.16. The number of nitrogens with zero attached hydrogens (tertiary/aromatic N) is 6. The zero-order chi connectivity index (χ0) is 24.3. The molecule has 4 aromatic rings. The fourth-order valence-electron chi connectivity index (χ4n) is 5.10. The van der Waals surface area contributed by atoms with Gasteiger partial charge in [0, 0.05) is 6.54 Å². The zero-order valence-electron chi connectivity index (χ0n) is 18.6. The third kappa shape index (κ3) is 3.37. The second kappa shape index (κ2) is 7.68. The van der Waals surface area contributed by atoms with Gasteiger partial charge in [-0.3, -0.25) is 9.36 Å². The molecule has 1 aliphatic heterocycles. The van der Waals surface area contributed by atoms with E-state index >= 15 is 0 Å². The van der Waals surface area contributed by atoms with Crippen LogP contribution in [0.3, 0.4) is 0 Å². The first kappa shape index (κ1) is 21.4. The summed E-state index contributed by atoms with van der Waals surface area (Å²) < 4.78 is 1.62. The molecule has 3 heterocycles. The molecule has 0 amide bonds. The Morgan fingerprint density at radius 1 is 1.06 bits per heavy atom. The van der Waals surface area contributed by atoms with Crippen LogP contribution in [-0.2, 0) is 0 Å². The molecule has 9 nitrogen and oxygen atoms in total. The average molecular weight is 485 g/mol. The summed E-state index contributed by atoms with van der Waals surface area (Å²) >= 11 is 6.44. The second-order valence-corrected chi connectivity index (χ2v) is 9.61. The smallest absolute Gasteiger partial charge is 0.267 e. The highest BCUT2D eigenvalue weighted by Gasteiger charge is 2.54. The summed E-state index contributed by atoms with van der Waals surface area (Å²) in [7, 11) is 0. The second-order valence-electron chi connectivity index (χ2n) is 9.21. The van der Waals surface area contributed by atoms with Crippen molar-refractivity contribution in [1.82, 2.24) is 19.5 Å². The van der Waals surface area contributed by atoms with Crippen molar-refractivity contribution in [2.45, 2.75) is 25.3 Å². The maximum Gasteiger partial charge on any atom is 0.267 e. The monoisotopic (exact) mass is 484 g/mol. The van der Waals surface area contributed by atoms with Gasteiger partial charge in [0.2, 0.25) is 5.95 Å². The van der Waals surface area contributed by atoms with Gasteiger partial charge in [0.25, 0.3) is 5.56 Å². The summed E-state index contributed by atoms with van der Waals surface area (Å²) in [5.74, 6) is 0.945. The van der Waals surface area contributed by atoms with Gasteiger partial charge in [-0.15, -0.1) is 0 Å². The molecule has 0 radical (unpaired) electrons. The van der Waals surface area contributed by atoms with Crippen molar-refractivity contribution < 1.29 is 0 Å². The molecule has 2 aliphatic rings. The van der Waals surface area contributed by atoms with Crippen LogP contribution in [0, 0.1) is 16.7 Å². The van der Waals surface area contributed by atoms with Gasteiger partial charge in [-0.25, -0.2) is 4.98 Å². The van der Waals surface area contributed by atoms with E-state index in [4.69, 9.17) is 28.1 Å². The number of nitriles is 1. The summed E-state index contributed by atoms with van der Waals surface area (Å²) in [6, 6.07) is 16.4. The summed E-state index contributed by atoms with van der Waals surface area (Å²) in [5, 5.41) is 10.5. The van der Waals surface area contributed by atoms with E-state index in [1.54, 1.807) is 22.8 Å². The quantitative estimate of drug-likeness (QED) is 0.449. The Morgan fingerprint density at radius 3 is 2.54 bits per heavy atom. The van der Waals surface area contributed by atoms with Gasteiger partial charge >= 0.3 is 0 Å². The topological polar surface area (TPSA) is 140 Å². The van der Waals surface area contributed by atoms with E-state index < -0.39 is 0 Å². The number of para-hydroxylation sites is 1. The molecule has 1 saturated heterocycles. The molecule has 0 unspecified atom stereocenters. The lowest BCUT2D eigenvalue weighted by Crippen LogP contribution is -2.33. The van der Waals surface area contributed by atoms with Crippen molar-refractivity contribution in [3.63, 3.8) is 0 Å². The molecular weight excluding hydrogens is 464 g/mol. The molecule has 4 N–H and O–H groups in total. The predicted molar refractivity (Wildman–Crippen MR) is 134 cm³/mol. The Labute approximate surface area is 205 Å². The van der Waals surface area contributed by atoms with E-state index in [1.807, 2.05) is 35.2 Å². The lowest BCUT2D eigenvalue weighted by molar-refractivity contribution is 0.536. The largest absolute Gasteiger partial charge is 0.382 e. The molecule has 1 saturated carbocycles. The Kier molecular flexibility index (Phi) is 4.69. The van der Waals surface area contributed by atoms with Crippen molar-refractivity contribution in [1.29, 1.82) is 5.26 Å². The van der Waals surface area contributed by atoms with Crippen LogP contribution < -0.4 is 21.9 Å². The number of aromatic nitrogens is 4. The lowest BCUT2D eigenvalue weighted by atomic mass is 10.0. The van der Waals surface area contributed by atoms with Crippen LogP contribution in [0.1, 0.15) is 36.7 Å². The molecule has 0 bridgehead atoms. The van der Waals surface area contributed by atoms with Gasteiger partial charge in [0.05, 0.1) is 27.7 Å². The van der Waals surface area contributed by atoms with Crippen molar-refractivity contribution in [3.8, 4) is 11.8 Å². The lowest BCUT2D eigenvalue weighted by Gasteiger charge is -2.28. The van der Waals surface area contributed by atoms with E-state index in [-0.39, 0.29) is 34.3 Å². The molecule has 2 aromatic heterocycles. The Bertz CT molecular complexity index is 1590. The minimum Gasteiger partial charge on any atom is -0.382 e. The molecule has 1 spiro atoms. The number of hydrogen-bond donors (Lipinski definition) is 2. The predicted octanol–water partition coefficient (Wildman–Crippen LogP) is 3.60. The summed E-state index contributed by atoms with van der Waals surface area (Å²) in [5.41, 5.74) is 13.1. The molecular formula is C25H21ClN8O. The van der Waals surface area contributed by atoms with Crippen LogP contribution in [0.5, 0.6) is 0 Å². The van der Waals surface area contributed by atoms with Crippen LogP contribution in [0.4, 0.5) is 17.6 Å². The van der Waals surface area contributed by atoms with E-state index in [9.17, 15) is 10.1 Å². The summed E-state index contributed by atoms with van der Waals surface area (Å²) in [6.45, 7) is 0.653. The van der Waals surface area contributed by atoms with Crippen molar-refractivity contribution in [2.75, 3.05) is 22.9 Å². The number of nitrogens with two attached hydrogens (primary N) is 2. The van der Waals surface area contributed by atoms with E-state index in [0.717, 1.165) is 19.3 Å². The van der Waals surface area contributed by atoms with Gasteiger partial charge in [-0.05, 0) is 48.9 Å². The fraction of sp³-hybridized carbons (Fsp3) is 0.240. The van der Waals surface area contributed by atoms with Gasteiger partial charge in [0.1, 0.15) is 23.3 Å². The number of rotatable bonds is 3. The summed E-state index contributed by atoms with van der Waals surface area (Å²) in [4.78, 5) is 29.2. The molecule has 174 valence electrons. The minimum atomic E-state index is -0.338. The first-order chi connectivity index (χ1) is 16.9. The average Bonchev–Trinajstić information content (AvgIpc) is 3.49. The highest BCUT2D eigenvalue weighted by atomic mass is 35.5. The summed E-state index contributed by atoms with van der Waals surface area (Å²) in [6.07, 6.45) is 2.85. The van der Waals surface area contributed by atoms with Crippen molar-refractivity contribution >= 4 is 40.1 Å². The van der Waals surface area contributed by atoms with Crippen molar-refractivity contribution in [2.24, 2.45) is 5.41 Å². The minimum absolute atomic E-state index is 0.00861. The molecule has 35 heavy (non-hydrogen) atoms. The normalized spacial score (nSPS) is 18.2. The molecule has 1 atom stereocenters. The van der Waals surface area contributed by atoms with Crippen LogP contribution in [0.15, 0.2) is 53.3 Å². The maximum atomic E-state index is 13.9. The number of anilines is 3. The highest BCUT2D eigenvalue weighted by molar-refractivity contribution is 6.35. The van der Waals surface area contributed by atoms with E-state index in [1.165, 1.54) is 0 Å². The fourth-order valence-corrected chi connectivity index (χ4v) is 5.35. The van der Waals surface area contributed by atoms with Crippen LogP contribution in [-0.4, -0.2) is 26.1 Å². The zero-order valence-corrected chi connectivity index (χ0v) is 19.4. The number of halogens is 1. The number of fused-ring (bicyclic) bond motifs is 1. The van der Waals surface area contributed by atoms with Crippen molar-refractivity contribution in [3.05, 3.63) is 75.3 Å². The van der Waals surface area contributed by atoms with Gasteiger partial charge in [0.15, 0.2) is 5.82 Å². The molecule has 10 heteroatoms. The Morgan fingerprint density at radius 2 is 1.83 bits per heavy atom. The Balaban J connectivity index is 1.64. The third-order valence-electron chi connectivity index (χ3n) is 6.97. The highest BCUT2D eigenvalue weighted by Crippen LogP contribution is 2.59. The molecule has 2 fully saturated rings. The van der Waals surface area contributed by atoms with Crippen LogP contribution in [0.2, 0.25) is 5.02 Å². The maximum absolute atomic E-state index is 13.9. The van der Waals surface area contributed by atoms with Crippen LogP contribution >= 0.6 is 11.6 Å². The standard InChI is InChI=1S/C25H21ClN8O/c26-16-7-4-8-17-19(16)23(35)34(14-5-2-1-3-6-14)22(30-17)18-11-25(9-10-25)13-33(18)21-15(12-27)20(28)31-24(29)32-21/h1-8,18H,9-11,13H2,(H4,28,29,31,32)/t18-/m0/s1. The number of nitrogen functional groups attached to an aromatic ring is 2. The molecule has 6 rings (SSSR count).